The summed E-state index contributed by atoms with van der Waals surface area (Å²) in [5, 5.41) is 0. The van der Waals surface area contributed by atoms with Crippen LogP contribution >= 0.6 is 0 Å². The molecule has 0 spiro atoms. The van der Waals surface area contributed by atoms with Crippen LogP contribution in [0.5, 0.6) is 0 Å². The predicted octanol–water partition coefficient (Wildman–Crippen LogP) is 0.850. The van der Waals surface area contributed by atoms with Crippen LogP contribution in [0.4, 0.5) is 0 Å². The fourth-order valence-electron chi connectivity index (χ4n) is 2.36. The zero-order valence-electron chi connectivity index (χ0n) is 11.4. The number of sulfonamides is 1. The number of nitrogens with two attached hydrogens (primary N) is 1. The van der Waals surface area contributed by atoms with E-state index in [2.05, 4.69) is 11.6 Å². The number of hydrogen-bond donors (Lipinski definition) is 2. The molecule has 0 aliphatic heterocycles. The summed E-state index contributed by atoms with van der Waals surface area (Å²) in [4.78, 5) is 0. The van der Waals surface area contributed by atoms with Crippen LogP contribution in [0.1, 0.15) is 39.5 Å². The van der Waals surface area contributed by atoms with Crippen LogP contribution in [0.15, 0.2) is 0 Å². The van der Waals surface area contributed by atoms with Crippen molar-refractivity contribution in [2.75, 3.05) is 25.5 Å². The Bertz CT molecular complexity index is 335. The van der Waals surface area contributed by atoms with Crippen molar-refractivity contribution in [1.29, 1.82) is 0 Å². The van der Waals surface area contributed by atoms with E-state index < -0.39 is 15.6 Å². The monoisotopic (exact) mass is 278 g/mol. The second-order valence-corrected chi connectivity index (χ2v) is 7.13. The molecule has 0 aromatic rings. The van der Waals surface area contributed by atoms with Gasteiger partial charge >= 0.3 is 0 Å². The van der Waals surface area contributed by atoms with E-state index in [1.165, 1.54) is 0 Å². The van der Waals surface area contributed by atoms with Crippen molar-refractivity contribution >= 4 is 10.0 Å². The number of nitrogens with one attached hydrogen (secondary N) is 1. The van der Waals surface area contributed by atoms with E-state index in [0.717, 1.165) is 25.7 Å². The molecule has 5 nitrogen and oxygen atoms in total. The maximum atomic E-state index is 12.0. The topological polar surface area (TPSA) is 81.4 Å². The molecule has 3 N–H and O–H groups in total. The van der Waals surface area contributed by atoms with E-state index >= 15 is 0 Å². The highest BCUT2D eigenvalue weighted by Gasteiger charge is 2.36. The Kier molecular flexibility index (Phi) is 6.04. The standard InChI is InChI=1S/C12H26N2O3S/c1-3-17-8-9-18(15,16)14-12(10-13)6-4-11(2)5-7-12/h11,14H,3-10,13H2,1-2H3. The summed E-state index contributed by atoms with van der Waals surface area (Å²) in [6, 6.07) is 0. The maximum absolute atomic E-state index is 12.0. The van der Waals surface area contributed by atoms with E-state index in [4.69, 9.17) is 10.5 Å². The van der Waals surface area contributed by atoms with Gasteiger partial charge in [0.05, 0.1) is 12.4 Å². The Morgan fingerprint density at radius 1 is 1.39 bits per heavy atom. The van der Waals surface area contributed by atoms with Gasteiger partial charge in [-0.2, -0.15) is 0 Å². The summed E-state index contributed by atoms with van der Waals surface area (Å²) in [7, 11) is -3.30. The molecule has 108 valence electrons. The SMILES string of the molecule is CCOCCS(=O)(=O)NC1(CN)CCC(C)CC1. The van der Waals surface area contributed by atoms with Gasteiger partial charge in [-0.05, 0) is 38.5 Å². The van der Waals surface area contributed by atoms with Crippen LogP contribution < -0.4 is 10.5 Å². The molecule has 1 aliphatic rings. The van der Waals surface area contributed by atoms with Gasteiger partial charge in [0.25, 0.3) is 0 Å². The lowest BCUT2D eigenvalue weighted by Gasteiger charge is -2.38. The Hall–Kier alpha value is -0.170. The molecule has 0 unspecified atom stereocenters. The molecule has 1 aliphatic carbocycles. The zero-order chi connectivity index (χ0) is 13.6. The van der Waals surface area contributed by atoms with E-state index in [9.17, 15) is 8.42 Å². The van der Waals surface area contributed by atoms with Gasteiger partial charge in [0, 0.05) is 18.7 Å². The molecule has 0 aromatic heterocycles. The highest BCUT2D eigenvalue weighted by atomic mass is 32.2. The van der Waals surface area contributed by atoms with Gasteiger partial charge in [-0.25, -0.2) is 13.1 Å². The van der Waals surface area contributed by atoms with Gasteiger partial charge in [0.15, 0.2) is 0 Å². The summed E-state index contributed by atoms with van der Waals surface area (Å²) in [6.45, 7) is 5.19. The number of rotatable bonds is 7. The summed E-state index contributed by atoms with van der Waals surface area (Å²) in [5.41, 5.74) is 5.35. The Morgan fingerprint density at radius 2 is 2.00 bits per heavy atom. The third-order valence-electron chi connectivity index (χ3n) is 3.69. The average Bonchev–Trinajstić information content (AvgIpc) is 2.32. The molecule has 6 heteroatoms. The summed E-state index contributed by atoms with van der Waals surface area (Å²) in [6.07, 6.45) is 3.73. The second-order valence-electron chi connectivity index (χ2n) is 5.28. The highest BCUT2D eigenvalue weighted by molar-refractivity contribution is 7.89. The molecular formula is C12H26N2O3S. The van der Waals surface area contributed by atoms with Crippen LogP contribution in [0.2, 0.25) is 0 Å². The minimum absolute atomic E-state index is 0.0120. The Labute approximate surface area is 111 Å². The molecule has 0 bridgehead atoms. The third-order valence-corrected chi connectivity index (χ3v) is 5.14. The molecule has 1 rings (SSSR count). The summed E-state index contributed by atoms with van der Waals surface area (Å²) < 4.78 is 31.8. The first-order valence-electron chi connectivity index (χ1n) is 6.72. The van der Waals surface area contributed by atoms with Gasteiger partial charge in [-0.3, -0.25) is 0 Å². The highest BCUT2D eigenvalue weighted by Crippen LogP contribution is 2.31. The summed E-state index contributed by atoms with van der Waals surface area (Å²) in [5.74, 6) is 0.676. The first kappa shape index (κ1) is 15.9. The van der Waals surface area contributed by atoms with Crippen molar-refractivity contribution in [3.05, 3.63) is 0 Å². The van der Waals surface area contributed by atoms with Crippen molar-refractivity contribution in [3.8, 4) is 0 Å². The first-order chi connectivity index (χ1) is 8.43. The predicted molar refractivity (Wildman–Crippen MR) is 72.8 cm³/mol. The van der Waals surface area contributed by atoms with Crippen molar-refractivity contribution < 1.29 is 13.2 Å². The fourth-order valence-corrected chi connectivity index (χ4v) is 3.74. The average molecular weight is 278 g/mol. The minimum Gasteiger partial charge on any atom is -0.381 e. The number of hydrogen-bond acceptors (Lipinski definition) is 4. The second kappa shape index (κ2) is 6.84. The van der Waals surface area contributed by atoms with Crippen LogP contribution in [-0.2, 0) is 14.8 Å². The van der Waals surface area contributed by atoms with E-state index in [1.54, 1.807) is 0 Å². The number of ether oxygens (including phenoxy) is 1. The van der Waals surface area contributed by atoms with E-state index in [0.29, 0.717) is 19.1 Å². The van der Waals surface area contributed by atoms with Gasteiger partial charge in [0.2, 0.25) is 10.0 Å². The smallest absolute Gasteiger partial charge is 0.214 e. The van der Waals surface area contributed by atoms with Crippen molar-refractivity contribution in [2.24, 2.45) is 11.7 Å². The lowest BCUT2D eigenvalue weighted by Crippen LogP contribution is -2.56. The lowest BCUT2D eigenvalue weighted by atomic mass is 9.78. The van der Waals surface area contributed by atoms with E-state index in [-0.39, 0.29) is 12.4 Å². The van der Waals surface area contributed by atoms with Crippen LogP contribution in [0.3, 0.4) is 0 Å². The molecular weight excluding hydrogens is 252 g/mol. The molecule has 0 amide bonds. The van der Waals surface area contributed by atoms with Crippen LogP contribution in [0.25, 0.3) is 0 Å². The van der Waals surface area contributed by atoms with Gasteiger partial charge in [-0.15, -0.1) is 0 Å². The van der Waals surface area contributed by atoms with Gasteiger partial charge in [-0.1, -0.05) is 6.92 Å². The van der Waals surface area contributed by atoms with Gasteiger partial charge in [0.1, 0.15) is 0 Å². The maximum Gasteiger partial charge on any atom is 0.214 e. The van der Waals surface area contributed by atoms with Crippen molar-refractivity contribution in [3.63, 3.8) is 0 Å². The molecule has 0 radical (unpaired) electrons. The molecule has 18 heavy (non-hydrogen) atoms. The molecule has 0 atom stereocenters. The Balaban J connectivity index is 2.56. The lowest BCUT2D eigenvalue weighted by molar-refractivity contribution is 0.162. The van der Waals surface area contributed by atoms with Crippen LogP contribution in [-0.4, -0.2) is 39.5 Å². The quantitative estimate of drug-likeness (QED) is 0.676. The van der Waals surface area contributed by atoms with E-state index in [1.807, 2.05) is 6.92 Å². The first-order valence-corrected chi connectivity index (χ1v) is 8.38. The van der Waals surface area contributed by atoms with Crippen LogP contribution in [0, 0.1) is 5.92 Å². The van der Waals surface area contributed by atoms with Gasteiger partial charge < -0.3 is 10.5 Å². The van der Waals surface area contributed by atoms with Crippen molar-refractivity contribution in [1.82, 2.24) is 4.72 Å². The Morgan fingerprint density at radius 3 is 2.50 bits per heavy atom. The molecule has 0 saturated heterocycles. The molecule has 1 saturated carbocycles. The third kappa shape index (κ3) is 4.84. The zero-order valence-corrected chi connectivity index (χ0v) is 12.3. The molecule has 1 fully saturated rings. The molecule has 0 aromatic carbocycles. The molecule has 0 heterocycles. The van der Waals surface area contributed by atoms with Crippen molar-refractivity contribution in [2.45, 2.75) is 45.1 Å². The minimum atomic E-state index is -3.30. The normalized spacial score (nSPS) is 29.4. The summed E-state index contributed by atoms with van der Waals surface area (Å²) >= 11 is 0. The fraction of sp³-hybridized carbons (Fsp3) is 1.00. The largest absolute Gasteiger partial charge is 0.381 e.